The lowest BCUT2D eigenvalue weighted by atomic mass is 10.1. The fourth-order valence-corrected chi connectivity index (χ4v) is 3.82. The second-order valence-electron chi connectivity index (χ2n) is 4.61. The van der Waals surface area contributed by atoms with Crippen LogP contribution in [0.2, 0.25) is 0 Å². The van der Waals surface area contributed by atoms with Gasteiger partial charge in [-0.15, -0.1) is 0 Å². The highest BCUT2D eigenvalue weighted by atomic mass is 31.1. The summed E-state index contributed by atoms with van der Waals surface area (Å²) < 4.78 is 12.8. The van der Waals surface area contributed by atoms with E-state index in [0.29, 0.717) is 0 Å². The zero-order valence-corrected chi connectivity index (χ0v) is 12.0. The van der Waals surface area contributed by atoms with Crippen LogP contribution in [0.5, 0.6) is 0 Å². The van der Waals surface area contributed by atoms with E-state index in [4.69, 9.17) is 0 Å². The monoisotopic (exact) mass is 278 g/mol. The topological polar surface area (TPSA) is 17.1 Å². The van der Waals surface area contributed by atoms with Crippen LogP contribution >= 0.6 is 7.80 Å². The molecule has 0 saturated heterocycles. The minimum Gasteiger partial charge on any atom is -0.317 e. The molecule has 0 bridgehead atoms. The molecule has 1 atom stereocenters. The van der Waals surface area contributed by atoms with E-state index in [-0.39, 0.29) is 0 Å². The predicted octanol–water partition coefficient (Wildman–Crippen LogP) is 3.86. The maximum absolute atomic E-state index is 12.8. The minimum atomic E-state index is -1.97. The summed E-state index contributed by atoms with van der Waals surface area (Å²) in [6.45, 7) is 0. The first-order valence-corrected chi connectivity index (χ1v) is 8.01. The van der Waals surface area contributed by atoms with Gasteiger partial charge in [0.25, 0.3) is 0 Å². The standard InChI is InChI=1S/C18H15OP/c19-20(16-11-5-2-6-12-16)18-14-8-7-13-17(18)15-9-3-1-4-10-15/h1-14,20H. The lowest BCUT2D eigenvalue weighted by Gasteiger charge is -2.10. The maximum atomic E-state index is 12.8. The summed E-state index contributed by atoms with van der Waals surface area (Å²) in [7, 11) is -1.97. The van der Waals surface area contributed by atoms with Gasteiger partial charge in [0.15, 0.2) is 0 Å². The lowest BCUT2D eigenvalue weighted by Crippen LogP contribution is -2.08. The Kier molecular flexibility index (Phi) is 3.80. The van der Waals surface area contributed by atoms with Crippen LogP contribution in [0.3, 0.4) is 0 Å². The fourth-order valence-electron chi connectivity index (χ4n) is 2.30. The first-order chi connectivity index (χ1) is 9.86. The molecular weight excluding hydrogens is 263 g/mol. The van der Waals surface area contributed by atoms with E-state index in [2.05, 4.69) is 12.1 Å². The van der Waals surface area contributed by atoms with E-state index < -0.39 is 7.80 Å². The molecule has 98 valence electrons. The van der Waals surface area contributed by atoms with Gasteiger partial charge in [0.2, 0.25) is 0 Å². The van der Waals surface area contributed by atoms with Crippen molar-refractivity contribution < 1.29 is 4.57 Å². The zero-order chi connectivity index (χ0) is 13.8. The predicted molar refractivity (Wildman–Crippen MR) is 86.6 cm³/mol. The Bertz CT molecular complexity index is 721. The van der Waals surface area contributed by atoms with Crippen LogP contribution in [0.1, 0.15) is 0 Å². The lowest BCUT2D eigenvalue weighted by molar-refractivity contribution is 0.598. The molecule has 0 N–H and O–H groups in total. The Balaban J connectivity index is 2.10. The minimum absolute atomic E-state index is 0.904. The van der Waals surface area contributed by atoms with Crippen LogP contribution in [0.4, 0.5) is 0 Å². The van der Waals surface area contributed by atoms with E-state index in [9.17, 15) is 4.57 Å². The van der Waals surface area contributed by atoms with Gasteiger partial charge in [0.05, 0.1) is 0 Å². The Morgan fingerprint density at radius 1 is 0.600 bits per heavy atom. The fraction of sp³-hybridized carbons (Fsp3) is 0. The summed E-state index contributed by atoms with van der Waals surface area (Å²) in [6, 6.07) is 27.7. The molecule has 3 rings (SSSR count). The molecule has 0 aromatic heterocycles. The zero-order valence-electron chi connectivity index (χ0n) is 11.0. The van der Waals surface area contributed by atoms with Crippen LogP contribution in [0.25, 0.3) is 11.1 Å². The second-order valence-corrected chi connectivity index (χ2v) is 6.38. The van der Waals surface area contributed by atoms with Crippen molar-refractivity contribution in [3.8, 4) is 11.1 Å². The highest BCUT2D eigenvalue weighted by molar-refractivity contribution is 7.61. The summed E-state index contributed by atoms with van der Waals surface area (Å²) in [5.74, 6) is 0. The molecule has 0 amide bonds. The normalized spacial score (nSPS) is 12.0. The quantitative estimate of drug-likeness (QED) is 0.665. The van der Waals surface area contributed by atoms with E-state index in [0.717, 1.165) is 21.7 Å². The molecule has 20 heavy (non-hydrogen) atoms. The summed E-state index contributed by atoms with van der Waals surface area (Å²) in [5.41, 5.74) is 2.17. The smallest absolute Gasteiger partial charge is 0.132 e. The Morgan fingerprint density at radius 3 is 1.85 bits per heavy atom. The van der Waals surface area contributed by atoms with Crippen molar-refractivity contribution in [1.29, 1.82) is 0 Å². The maximum Gasteiger partial charge on any atom is 0.132 e. The van der Waals surface area contributed by atoms with E-state index in [1.165, 1.54) is 0 Å². The Labute approximate surface area is 119 Å². The molecule has 0 saturated carbocycles. The third-order valence-electron chi connectivity index (χ3n) is 3.29. The number of hydrogen-bond donors (Lipinski definition) is 0. The average Bonchev–Trinajstić information content (AvgIpc) is 2.56. The van der Waals surface area contributed by atoms with Crippen LogP contribution in [0.15, 0.2) is 84.9 Å². The van der Waals surface area contributed by atoms with Crippen molar-refractivity contribution in [2.24, 2.45) is 0 Å². The van der Waals surface area contributed by atoms with Gasteiger partial charge in [-0.3, -0.25) is 0 Å². The van der Waals surface area contributed by atoms with E-state index in [1.54, 1.807) is 0 Å². The van der Waals surface area contributed by atoms with Gasteiger partial charge >= 0.3 is 0 Å². The van der Waals surface area contributed by atoms with E-state index >= 15 is 0 Å². The molecule has 0 aliphatic heterocycles. The molecule has 0 aliphatic rings. The van der Waals surface area contributed by atoms with Gasteiger partial charge in [-0.25, -0.2) is 0 Å². The van der Waals surface area contributed by atoms with Crippen molar-refractivity contribution in [3.05, 3.63) is 84.9 Å². The van der Waals surface area contributed by atoms with Crippen molar-refractivity contribution in [2.45, 2.75) is 0 Å². The number of hydrogen-bond acceptors (Lipinski definition) is 1. The van der Waals surface area contributed by atoms with Crippen LogP contribution in [-0.4, -0.2) is 0 Å². The van der Waals surface area contributed by atoms with Crippen LogP contribution in [-0.2, 0) is 4.57 Å². The summed E-state index contributed by atoms with van der Waals surface area (Å²) in [5, 5.41) is 1.83. The van der Waals surface area contributed by atoms with Gasteiger partial charge in [-0.1, -0.05) is 84.9 Å². The Morgan fingerprint density at radius 2 is 1.15 bits per heavy atom. The molecule has 0 spiro atoms. The molecule has 2 heteroatoms. The van der Waals surface area contributed by atoms with Gasteiger partial charge in [-0.2, -0.15) is 0 Å². The molecular formula is C18H15OP. The molecule has 0 heterocycles. The summed E-state index contributed by atoms with van der Waals surface area (Å²) >= 11 is 0. The highest BCUT2D eigenvalue weighted by Gasteiger charge is 2.11. The number of rotatable bonds is 3. The summed E-state index contributed by atoms with van der Waals surface area (Å²) in [4.78, 5) is 0. The SMILES string of the molecule is O=[PH](c1ccccc1)c1ccccc1-c1ccccc1. The first kappa shape index (κ1) is 12.9. The third-order valence-corrected chi connectivity index (χ3v) is 5.08. The van der Waals surface area contributed by atoms with Gasteiger partial charge in [-0.05, 0) is 11.1 Å². The molecule has 0 radical (unpaired) electrons. The molecule has 1 nitrogen and oxygen atoms in total. The van der Waals surface area contributed by atoms with Gasteiger partial charge in [0.1, 0.15) is 7.80 Å². The van der Waals surface area contributed by atoms with Gasteiger partial charge in [0, 0.05) is 10.6 Å². The number of benzene rings is 3. The molecule has 3 aromatic carbocycles. The van der Waals surface area contributed by atoms with Crippen LogP contribution in [0, 0.1) is 0 Å². The summed E-state index contributed by atoms with van der Waals surface area (Å²) in [6.07, 6.45) is 0. The van der Waals surface area contributed by atoms with Crippen molar-refractivity contribution in [1.82, 2.24) is 0 Å². The van der Waals surface area contributed by atoms with Gasteiger partial charge < -0.3 is 4.57 Å². The first-order valence-electron chi connectivity index (χ1n) is 6.60. The molecule has 3 aromatic rings. The van der Waals surface area contributed by atoms with E-state index in [1.807, 2.05) is 72.8 Å². The highest BCUT2D eigenvalue weighted by Crippen LogP contribution is 2.27. The molecule has 0 fully saturated rings. The average molecular weight is 278 g/mol. The van der Waals surface area contributed by atoms with Crippen LogP contribution < -0.4 is 10.6 Å². The van der Waals surface area contributed by atoms with Crippen molar-refractivity contribution in [2.75, 3.05) is 0 Å². The second kappa shape index (κ2) is 5.90. The van der Waals surface area contributed by atoms with Crippen molar-refractivity contribution >= 4 is 18.4 Å². The van der Waals surface area contributed by atoms with Crippen molar-refractivity contribution in [3.63, 3.8) is 0 Å². The largest absolute Gasteiger partial charge is 0.317 e. The molecule has 1 unspecified atom stereocenters. The molecule has 0 aliphatic carbocycles. The third kappa shape index (κ3) is 2.59. The Hall–Kier alpha value is -2.11.